The Labute approximate surface area is 115 Å². The van der Waals surface area contributed by atoms with Gasteiger partial charge in [0.05, 0.1) is 0 Å². The topological polar surface area (TPSA) is 0 Å². The summed E-state index contributed by atoms with van der Waals surface area (Å²) in [5.41, 5.74) is 9.24. The van der Waals surface area contributed by atoms with Crippen LogP contribution < -0.4 is 0 Å². The number of benzene rings is 2. The summed E-state index contributed by atoms with van der Waals surface area (Å²) in [6, 6.07) is 15.2. The van der Waals surface area contributed by atoms with Crippen molar-refractivity contribution < 1.29 is 0 Å². The first kappa shape index (κ1) is 12.0. The van der Waals surface area contributed by atoms with E-state index >= 15 is 0 Å². The highest BCUT2D eigenvalue weighted by Crippen LogP contribution is 2.46. The van der Waals surface area contributed by atoms with Crippen molar-refractivity contribution in [2.24, 2.45) is 0 Å². The van der Waals surface area contributed by atoms with Crippen LogP contribution in [0.4, 0.5) is 0 Å². The average molecular weight is 246 g/mol. The molecule has 2 aromatic carbocycles. The zero-order valence-electron chi connectivity index (χ0n) is 11.5. The van der Waals surface area contributed by atoms with Crippen LogP contribution in [0.1, 0.15) is 37.0 Å². The first-order valence-corrected chi connectivity index (χ1v) is 6.85. The molecule has 0 aliphatic heterocycles. The predicted molar refractivity (Wildman–Crippen MR) is 84.0 cm³/mol. The highest BCUT2D eigenvalue weighted by atomic mass is 14.3. The quantitative estimate of drug-likeness (QED) is 0.556. The van der Waals surface area contributed by atoms with E-state index in [9.17, 15) is 0 Å². The van der Waals surface area contributed by atoms with Crippen molar-refractivity contribution in [2.75, 3.05) is 0 Å². The maximum atomic E-state index is 4.23. The Balaban J connectivity index is 2.35. The number of rotatable bonds is 2. The summed E-state index contributed by atoms with van der Waals surface area (Å²) in [4.78, 5) is 0. The largest absolute Gasteiger partial charge is 0.0952 e. The molecular weight excluding hydrogens is 228 g/mol. The van der Waals surface area contributed by atoms with Gasteiger partial charge in [0.1, 0.15) is 0 Å². The molecule has 0 amide bonds. The van der Waals surface area contributed by atoms with Gasteiger partial charge in [0.2, 0.25) is 0 Å². The molecule has 0 N–H and O–H groups in total. The summed E-state index contributed by atoms with van der Waals surface area (Å²) >= 11 is 0. The van der Waals surface area contributed by atoms with Gasteiger partial charge in [0.25, 0.3) is 0 Å². The highest BCUT2D eigenvalue weighted by molar-refractivity contribution is 6.04. The van der Waals surface area contributed by atoms with Crippen molar-refractivity contribution in [3.8, 4) is 11.1 Å². The first-order chi connectivity index (χ1) is 9.27. The summed E-state index contributed by atoms with van der Waals surface area (Å²) in [5, 5.41) is 0. The molecule has 0 heteroatoms. The van der Waals surface area contributed by atoms with Gasteiger partial charge in [0.15, 0.2) is 0 Å². The van der Waals surface area contributed by atoms with Crippen LogP contribution in [-0.2, 0) is 0 Å². The third-order valence-corrected chi connectivity index (χ3v) is 3.94. The van der Waals surface area contributed by atoms with Gasteiger partial charge in [-0.1, -0.05) is 62.0 Å². The molecule has 0 aromatic heterocycles. The fourth-order valence-electron chi connectivity index (χ4n) is 2.94. The van der Waals surface area contributed by atoms with Crippen LogP contribution in [-0.4, -0.2) is 0 Å². The van der Waals surface area contributed by atoms with E-state index in [0.29, 0.717) is 0 Å². The number of fused-ring (bicyclic) bond motifs is 3. The minimum atomic E-state index is 0.990. The van der Waals surface area contributed by atoms with Gasteiger partial charge in [-0.2, -0.15) is 0 Å². The summed E-state index contributed by atoms with van der Waals surface area (Å²) in [6.45, 7) is 8.51. The van der Waals surface area contributed by atoms with E-state index in [0.717, 1.165) is 6.42 Å². The summed E-state index contributed by atoms with van der Waals surface area (Å²) < 4.78 is 0. The standard InChI is InChI=1S/C19H18/c1-4-13(3)15-11-8-12-18-17-10-7-6-9-16(17)14(5-2)19(15)18/h5-12H,3-4H2,1-2H3/b14-5-. The van der Waals surface area contributed by atoms with E-state index in [1.165, 1.54) is 39.0 Å². The molecule has 0 fully saturated rings. The lowest BCUT2D eigenvalue weighted by Crippen LogP contribution is -1.90. The first-order valence-electron chi connectivity index (χ1n) is 6.85. The van der Waals surface area contributed by atoms with Crippen LogP contribution in [0.15, 0.2) is 55.1 Å². The second-order valence-electron chi connectivity index (χ2n) is 4.93. The minimum absolute atomic E-state index is 0.990. The monoisotopic (exact) mass is 246 g/mol. The zero-order valence-corrected chi connectivity index (χ0v) is 11.5. The van der Waals surface area contributed by atoms with E-state index in [4.69, 9.17) is 0 Å². The fraction of sp³-hybridized carbons (Fsp3) is 0.158. The average Bonchev–Trinajstić information content (AvgIpc) is 2.80. The van der Waals surface area contributed by atoms with Crippen LogP contribution in [0.25, 0.3) is 22.3 Å². The molecule has 3 rings (SSSR count). The van der Waals surface area contributed by atoms with Crippen molar-refractivity contribution in [2.45, 2.75) is 20.3 Å². The Kier molecular flexibility index (Phi) is 2.87. The Morgan fingerprint density at radius 3 is 2.37 bits per heavy atom. The molecule has 0 bridgehead atoms. The molecule has 2 aromatic rings. The van der Waals surface area contributed by atoms with E-state index < -0.39 is 0 Å². The third-order valence-electron chi connectivity index (χ3n) is 3.94. The molecular formula is C19H18. The molecule has 0 unspecified atom stereocenters. The lowest BCUT2D eigenvalue weighted by molar-refractivity contribution is 1.24. The second kappa shape index (κ2) is 4.55. The predicted octanol–water partition coefficient (Wildman–Crippen LogP) is 5.54. The van der Waals surface area contributed by atoms with Crippen LogP contribution in [0, 0.1) is 0 Å². The maximum Gasteiger partial charge on any atom is -0.00271 e. The number of hydrogen-bond donors (Lipinski definition) is 0. The van der Waals surface area contributed by atoms with Crippen LogP contribution >= 0.6 is 0 Å². The molecule has 0 radical (unpaired) electrons. The van der Waals surface area contributed by atoms with Gasteiger partial charge < -0.3 is 0 Å². The van der Waals surface area contributed by atoms with E-state index in [1.807, 2.05) is 0 Å². The summed E-state index contributed by atoms with van der Waals surface area (Å²) in [7, 11) is 0. The second-order valence-corrected chi connectivity index (χ2v) is 4.93. The lowest BCUT2D eigenvalue weighted by atomic mass is 9.93. The molecule has 1 aliphatic carbocycles. The van der Waals surface area contributed by atoms with Gasteiger partial charge in [-0.15, -0.1) is 0 Å². The Morgan fingerprint density at radius 2 is 1.68 bits per heavy atom. The molecule has 0 heterocycles. The molecule has 1 aliphatic rings. The molecule has 19 heavy (non-hydrogen) atoms. The van der Waals surface area contributed by atoms with Gasteiger partial charge in [0, 0.05) is 0 Å². The Morgan fingerprint density at radius 1 is 1.00 bits per heavy atom. The summed E-state index contributed by atoms with van der Waals surface area (Å²) in [5.74, 6) is 0. The molecule has 0 saturated heterocycles. The van der Waals surface area contributed by atoms with Crippen molar-refractivity contribution in [3.05, 3.63) is 71.8 Å². The van der Waals surface area contributed by atoms with Crippen LogP contribution in [0.2, 0.25) is 0 Å². The lowest BCUT2D eigenvalue weighted by Gasteiger charge is -2.11. The summed E-state index contributed by atoms with van der Waals surface area (Å²) in [6.07, 6.45) is 3.21. The van der Waals surface area contributed by atoms with Crippen molar-refractivity contribution in [1.82, 2.24) is 0 Å². The van der Waals surface area contributed by atoms with Crippen molar-refractivity contribution in [3.63, 3.8) is 0 Å². The van der Waals surface area contributed by atoms with Crippen molar-refractivity contribution in [1.29, 1.82) is 0 Å². The minimum Gasteiger partial charge on any atom is -0.0952 e. The Hall–Kier alpha value is -2.08. The van der Waals surface area contributed by atoms with E-state index in [-0.39, 0.29) is 0 Å². The molecule has 0 nitrogen and oxygen atoms in total. The zero-order chi connectivity index (χ0) is 13.4. The number of allylic oxidation sites excluding steroid dienone is 2. The van der Waals surface area contributed by atoms with Gasteiger partial charge in [-0.3, -0.25) is 0 Å². The van der Waals surface area contributed by atoms with Crippen LogP contribution in [0.3, 0.4) is 0 Å². The molecule has 0 atom stereocenters. The normalized spacial score (nSPS) is 14.3. The maximum absolute atomic E-state index is 4.23. The van der Waals surface area contributed by atoms with Crippen molar-refractivity contribution >= 4 is 11.1 Å². The fourth-order valence-corrected chi connectivity index (χ4v) is 2.94. The van der Waals surface area contributed by atoms with Crippen LogP contribution in [0.5, 0.6) is 0 Å². The third kappa shape index (κ3) is 1.67. The van der Waals surface area contributed by atoms with Gasteiger partial charge in [-0.05, 0) is 52.3 Å². The van der Waals surface area contributed by atoms with E-state index in [1.54, 1.807) is 0 Å². The highest BCUT2D eigenvalue weighted by Gasteiger charge is 2.25. The molecule has 0 saturated carbocycles. The Bertz CT molecular complexity index is 687. The SMILES string of the molecule is C=C(CC)c1cccc2c1/C(=C\C)c1ccccc1-2. The van der Waals surface area contributed by atoms with Gasteiger partial charge in [-0.25, -0.2) is 0 Å². The van der Waals surface area contributed by atoms with E-state index in [2.05, 4.69) is 69.0 Å². The number of hydrogen-bond acceptors (Lipinski definition) is 0. The molecule has 0 spiro atoms. The smallest absolute Gasteiger partial charge is 0.00271 e. The molecule has 94 valence electrons. The van der Waals surface area contributed by atoms with Gasteiger partial charge >= 0.3 is 0 Å².